The predicted octanol–water partition coefficient (Wildman–Crippen LogP) is 5.74. The lowest BCUT2D eigenvalue weighted by molar-refractivity contribution is 0.0911. The first-order chi connectivity index (χ1) is 14.7. The molecular formula is C25H28N4O2. The predicted molar refractivity (Wildman–Crippen MR) is 124 cm³/mol. The van der Waals surface area contributed by atoms with Crippen LogP contribution in [0.15, 0.2) is 42.5 Å². The van der Waals surface area contributed by atoms with E-state index >= 15 is 0 Å². The topological polar surface area (TPSA) is 76.1 Å². The van der Waals surface area contributed by atoms with Gasteiger partial charge in [-0.05, 0) is 61.1 Å². The maximum Gasteiger partial charge on any atom is 0.229 e. The van der Waals surface area contributed by atoms with Gasteiger partial charge in [0.2, 0.25) is 5.95 Å². The number of benzene rings is 2. The second-order valence-corrected chi connectivity index (χ2v) is 9.02. The summed E-state index contributed by atoms with van der Waals surface area (Å²) in [4.78, 5) is 22.5. The monoisotopic (exact) mass is 416 g/mol. The van der Waals surface area contributed by atoms with E-state index in [9.17, 15) is 4.79 Å². The van der Waals surface area contributed by atoms with Crippen LogP contribution in [0.1, 0.15) is 47.4 Å². The van der Waals surface area contributed by atoms with E-state index in [-0.39, 0.29) is 11.2 Å². The summed E-state index contributed by atoms with van der Waals surface area (Å²) in [6.45, 7) is 8.30. The molecular weight excluding hydrogens is 388 g/mol. The highest BCUT2D eigenvalue weighted by Gasteiger charge is 2.35. The van der Waals surface area contributed by atoms with E-state index in [0.717, 1.165) is 33.9 Å². The number of nitrogens with zero attached hydrogens (tertiary/aromatic N) is 2. The quantitative estimate of drug-likeness (QED) is 0.552. The molecule has 2 aromatic carbocycles. The Bertz CT molecular complexity index is 1130. The van der Waals surface area contributed by atoms with Crippen molar-refractivity contribution in [2.45, 2.75) is 40.5 Å². The molecule has 0 aliphatic heterocycles. The van der Waals surface area contributed by atoms with E-state index in [1.165, 1.54) is 0 Å². The van der Waals surface area contributed by atoms with Crippen LogP contribution in [-0.2, 0) is 6.42 Å². The summed E-state index contributed by atoms with van der Waals surface area (Å²) in [6.07, 6.45) is 1.19. The number of rotatable bonds is 5. The average Bonchev–Trinajstić information content (AvgIpc) is 2.65. The third kappa shape index (κ3) is 4.68. The second-order valence-electron chi connectivity index (χ2n) is 9.02. The van der Waals surface area contributed by atoms with Crippen molar-refractivity contribution in [1.29, 1.82) is 0 Å². The van der Waals surface area contributed by atoms with Crippen LogP contribution in [0.25, 0.3) is 0 Å². The molecule has 0 atom stereocenters. The number of hydrogen-bond donors (Lipinski definition) is 2. The van der Waals surface area contributed by atoms with Gasteiger partial charge in [0.1, 0.15) is 11.6 Å². The number of hydrogen-bond acceptors (Lipinski definition) is 6. The third-order valence-electron chi connectivity index (χ3n) is 5.36. The molecule has 0 saturated heterocycles. The molecule has 0 bridgehead atoms. The minimum Gasteiger partial charge on any atom is -0.497 e. The lowest BCUT2D eigenvalue weighted by Gasteiger charge is -2.30. The maximum absolute atomic E-state index is 13.0. The number of methoxy groups -OCH3 is 1. The molecule has 1 aromatic heterocycles. The lowest BCUT2D eigenvalue weighted by Crippen LogP contribution is -2.29. The van der Waals surface area contributed by atoms with E-state index in [1.54, 1.807) is 7.11 Å². The van der Waals surface area contributed by atoms with Gasteiger partial charge in [-0.15, -0.1) is 0 Å². The first kappa shape index (κ1) is 20.8. The fourth-order valence-corrected chi connectivity index (χ4v) is 4.13. The van der Waals surface area contributed by atoms with Gasteiger partial charge in [0.05, 0.1) is 18.4 Å². The molecule has 160 valence electrons. The summed E-state index contributed by atoms with van der Waals surface area (Å²) < 4.78 is 5.31. The van der Waals surface area contributed by atoms with Crippen LogP contribution in [0.4, 0.5) is 23.1 Å². The van der Waals surface area contributed by atoms with Crippen LogP contribution >= 0.6 is 0 Å². The first-order valence-corrected chi connectivity index (χ1v) is 10.4. The molecule has 1 aliphatic rings. The number of aryl methyl sites for hydroxylation is 2. The van der Waals surface area contributed by atoms with Crippen LogP contribution in [0, 0.1) is 19.3 Å². The van der Waals surface area contributed by atoms with Gasteiger partial charge >= 0.3 is 0 Å². The minimum atomic E-state index is -0.136. The highest BCUT2D eigenvalue weighted by molar-refractivity contribution is 6.03. The number of nitrogens with one attached hydrogen (secondary N) is 2. The second kappa shape index (κ2) is 8.02. The summed E-state index contributed by atoms with van der Waals surface area (Å²) in [6, 6.07) is 13.8. The lowest BCUT2D eigenvalue weighted by atomic mass is 9.75. The van der Waals surface area contributed by atoms with Crippen LogP contribution in [0.5, 0.6) is 5.75 Å². The highest BCUT2D eigenvalue weighted by atomic mass is 16.5. The molecule has 6 heteroatoms. The molecule has 2 N–H and O–H groups in total. The van der Waals surface area contributed by atoms with Crippen molar-refractivity contribution in [3.05, 3.63) is 64.8 Å². The maximum atomic E-state index is 13.0. The molecule has 1 aliphatic carbocycles. The average molecular weight is 417 g/mol. The Labute approximate surface area is 183 Å². The normalized spacial score (nSPS) is 14.7. The van der Waals surface area contributed by atoms with Crippen LogP contribution in [-0.4, -0.2) is 22.9 Å². The Hall–Kier alpha value is -3.41. The van der Waals surface area contributed by atoms with E-state index in [0.29, 0.717) is 30.2 Å². The largest absolute Gasteiger partial charge is 0.497 e. The number of Topliss-reactive ketones (excluding diaryl/α,β-unsaturated/α-hetero) is 1. The van der Waals surface area contributed by atoms with E-state index in [2.05, 4.69) is 44.4 Å². The Morgan fingerprint density at radius 2 is 1.68 bits per heavy atom. The van der Waals surface area contributed by atoms with Gasteiger partial charge in [0.25, 0.3) is 0 Å². The molecule has 1 heterocycles. The zero-order chi connectivity index (χ0) is 22.2. The zero-order valence-electron chi connectivity index (χ0n) is 18.7. The summed E-state index contributed by atoms with van der Waals surface area (Å²) in [5, 5.41) is 6.65. The van der Waals surface area contributed by atoms with Crippen molar-refractivity contribution in [1.82, 2.24) is 9.97 Å². The number of aromatic nitrogens is 2. The van der Waals surface area contributed by atoms with E-state index in [4.69, 9.17) is 14.7 Å². The molecule has 0 saturated carbocycles. The van der Waals surface area contributed by atoms with Crippen molar-refractivity contribution in [3.8, 4) is 5.75 Å². The zero-order valence-corrected chi connectivity index (χ0v) is 18.7. The molecule has 0 amide bonds. The third-order valence-corrected chi connectivity index (χ3v) is 5.36. The number of anilines is 4. The van der Waals surface area contributed by atoms with E-state index < -0.39 is 0 Å². The van der Waals surface area contributed by atoms with Gasteiger partial charge in [-0.3, -0.25) is 4.79 Å². The number of ether oxygens (including phenoxy) is 1. The fraction of sp³-hybridized carbons (Fsp3) is 0.320. The van der Waals surface area contributed by atoms with Crippen molar-refractivity contribution < 1.29 is 9.53 Å². The van der Waals surface area contributed by atoms with Gasteiger partial charge in [-0.1, -0.05) is 26.0 Å². The smallest absolute Gasteiger partial charge is 0.229 e. The molecule has 0 fully saturated rings. The molecule has 0 radical (unpaired) electrons. The summed E-state index contributed by atoms with van der Waals surface area (Å²) in [7, 11) is 1.63. The Morgan fingerprint density at radius 1 is 0.935 bits per heavy atom. The Morgan fingerprint density at radius 3 is 2.39 bits per heavy atom. The van der Waals surface area contributed by atoms with Gasteiger partial charge in [-0.25, -0.2) is 4.98 Å². The molecule has 6 nitrogen and oxygen atoms in total. The van der Waals surface area contributed by atoms with Crippen molar-refractivity contribution in [2.24, 2.45) is 5.41 Å². The SMILES string of the molecule is COc1cccc(Nc2nc3c(c(Nc4cc(C)cc(C)c4)n2)C(=O)CC(C)(C)C3)c1. The van der Waals surface area contributed by atoms with Gasteiger partial charge in [0, 0.05) is 23.9 Å². The van der Waals surface area contributed by atoms with Gasteiger partial charge in [-0.2, -0.15) is 4.98 Å². The summed E-state index contributed by atoms with van der Waals surface area (Å²) in [5.41, 5.74) is 5.24. The van der Waals surface area contributed by atoms with Crippen molar-refractivity contribution in [2.75, 3.05) is 17.7 Å². The Kier molecular flexibility index (Phi) is 5.39. The summed E-state index contributed by atoms with van der Waals surface area (Å²) >= 11 is 0. The summed E-state index contributed by atoms with van der Waals surface area (Å²) in [5.74, 6) is 1.81. The number of ketones is 1. The van der Waals surface area contributed by atoms with Crippen LogP contribution < -0.4 is 15.4 Å². The fourth-order valence-electron chi connectivity index (χ4n) is 4.13. The first-order valence-electron chi connectivity index (χ1n) is 10.4. The van der Waals surface area contributed by atoms with E-state index in [1.807, 2.05) is 36.4 Å². The number of carbonyl (C=O) groups excluding carboxylic acids is 1. The molecule has 0 unspecified atom stereocenters. The molecule has 0 spiro atoms. The minimum absolute atomic E-state index is 0.0751. The van der Waals surface area contributed by atoms with Gasteiger partial charge < -0.3 is 15.4 Å². The number of fused-ring (bicyclic) bond motifs is 1. The molecule has 31 heavy (non-hydrogen) atoms. The van der Waals surface area contributed by atoms with Crippen molar-refractivity contribution in [3.63, 3.8) is 0 Å². The Balaban J connectivity index is 1.78. The standard InChI is InChI=1S/C25H28N4O2/c1-15-9-16(2)11-18(10-15)26-23-22-20(13-25(3,4)14-21(22)30)28-24(29-23)27-17-7-6-8-19(12-17)31-5/h6-12H,13-14H2,1-5H3,(H2,26,27,28,29). The molecule has 4 rings (SSSR count). The van der Waals surface area contributed by atoms with Gasteiger partial charge in [0.15, 0.2) is 5.78 Å². The highest BCUT2D eigenvalue weighted by Crippen LogP contribution is 2.38. The van der Waals surface area contributed by atoms with Crippen molar-refractivity contribution >= 4 is 28.9 Å². The van der Waals surface area contributed by atoms with Crippen LogP contribution in [0.2, 0.25) is 0 Å². The molecule has 3 aromatic rings. The number of carbonyl (C=O) groups is 1. The van der Waals surface area contributed by atoms with Crippen LogP contribution in [0.3, 0.4) is 0 Å².